The molecule has 0 aliphatic heterocycles. The summed E-state index contributed by atoms with van der Waals surface area (Å²) in [6.45, 7) is 12.2. The molecule has 0 bridgehead atoms. The molecule has 0 unspecified atom stereocenters. The van der Waals surface area contributed by atoms with Crippen LogP contribution in [0.25, 0.3) is 0 Å². The quantitative estimate of drug-likeness (QED) is 0.351. The van der Waals surface area contributed by atoms with E-state index in [1.165, 1.54) is 11.1 Å². The minimum atomic E-state index is 0.815. The second kappa shape index (κ2) is 6.27. The summed E-state index contributed by atoms with van der Waals surface area (Å²) in [6, 6.07) is 0. The van der Waals surface area contributed by atoms with E-state index in [0.29, 0.717) is 0 Å². The van der Waals surface area contributed by atoms with E-state index in [0.717, 1.165) is 24.0 Å². The molecular weight excluding hydrogens is 168 g/mol. The first-order valence-electron chi connectivity index (χ1n) is 4.99. The number of hydrogen-bond donors (Lipinski definition) is 0. The Labute approximate surface area is 88.4 Å². The van der Waals surface area contributed by atoms with Gasteiger partial charge in [0, 0.05) is 12.0 Å². The van der Waals surface area contributed by atoms with Gasteiger partial charge in [0.05, 0.1) is 0 Å². The topological polar surface area (TPSA) is 0 Å². The van der Waals surface area contributed by atoms with Crippen LogP contribution in [0.4, 0.5) is 0 Å². The van der Waals surface area contributed by atoms with E-state index >= 15 is 0 Å². The zero-order valence-electron chi connectivity index (χ0n) is 9.78. The van der Waals surface area contributed by atoms with Gasteiger partial charge >= 0.3 is 0 Å². The first kappa shape index (κ1) is 12.8. The highest BCUT2D eigenvalue weighted by Crippen LogP contribution is 2.15. The van der Waals surface area contributed by atoms with Gasteiger partial charge in [-0.15, -0.1) is 6.42 Å². The van der Waals surface area contributed by atoms with E-state index in [4.69, 9.17) is 6.42 Å². The second-order valence-corrected chi connectivity index (χ2v) is 3.78. The van der Waals surface area contributed by atoms with Gasteiger partial charge in [-0.2, -0.15) is 0 Å². The third-order valence-corrected chi connectivity index (χ3v) is 2.15. The smallest absolute Gasteiger partial charge is 0.00870 e. The Morgan fingerprint density at radius 3 is 2.29 bits per heavy atom. The maximum absolute atomic E-state index is 5.46. The molecule has 0 spiro atoms. The van der Waals surface area contributed by atoms with Gasteiger partial charge in [0.1, 0.15) is 0 Å². The molecule has 76 valence electrons. The van der Waals surface area contributed by atoms with E-state index in [1.807, 2.05) is 6.92 Å². The van der Waals surface area contributed by atoms with Crippen LogP contribution in [0.3, 0.4) is 0 Å². The molecule has 0 amide bonds. The summed E-state index contributed by atoms with van der Waals surface area (Å²) < 4.78 is 0. The molecule has 0 aliphatic carbocycles. The lowest BCUT2D eigenvalue weighted by Crippen LogP contribution is -1.86. The Bertz CT molecular complexity index is 305. The van der Waals surface area contributed by atoms with Gasteiger partial charge in [-0.25, -0.2) is 0 Å². The SMILES string of the molecule is C#C/C(CC(=C)C)=C(C)\C=C(\C)CC. The van der Waals surface area contributed by atoms with Crippen LogP contribution < -0.4 is 0 Å². The fourth-order valence-corrected chi connectivity index (χ4v) is 1.16. The van der Waals surface area contributed by atoms with Crippen LogP contribution in [0.15, 0.2) is 34.9 Å². The monoisotopic (exact) mass is 188 g/mol. The van der Waals surface area contributed by atoms with Crippen molar-refractivity contribution in [2.75, 3.05) is 0 Å². The Morgan fingerprint density at radius 2 is 1.93 bits per heavy atom. The van der Waals surface area contributed by atoms with E-state index in [2.05, 4.69) is 39.3 Å². The molecule has 0 aromatic carbocycles. The maximum atomic E-state index is 5.46. The molecule has 0 heteroatoms. The van der Waals surface area contributed by atoms with Crippen LogP contribution in [-0.2, 0) is 0 Å². The predicted octanol–water partition coefficient (Wildman–Crippen LogP) is 4.26. The van der Waals surface area contributed by atoms with Crippen molar-refractivity contribution in [2.24, 2.45) is 0 Å². The highest BCUT2D eigenvalue weighted by atomic mass is 14.0. The minimum Gasteiger partial charge on any atom is -0.115 e. The molecule has 0 N–H and O–H groups in total. The highest BCUT2D eigenvalue weighted by molar-refractivity contribution is 5.39. The van der Waals surface area contributed by atoms with Crippen LogP contribution in [0.2, 0.25) is 0 Å². The van der Waals surface area contributed by atoms with Gasteiger partial charge in [-0.3, -0.25) is 0 Å². The molecule has 0 atom stereocenters. The zero-order chi connectivity index (χ0) is 11.1. The summed E-state index contributed by atoms with van der Waals surface area (Å²) >= 11 is 0. The highest BCUT2D eigenvalue weighted by Gasteiger charge is 1.98. The molecule has 0 aliphatic rings. The summed E-state index contributed by atoms with van der Waals surface area (Å²) in [5.41, 5.74) is 4.71. The molecular formula is C14H20. The summed E-state index contributed by atoms with van der Waals surface area (Å²) in [4.78, 5) is 0. The number of allylic oxidation sites excluding steroid dienone is 5. The van der Waals surface area contributed by atoms with Gasteiger partial charge in [-0.05, 0) is 32.8 Å². The average Bonchev–Trinajstić information content (AvgIpc) is 2.13. The van der Waals surface area contributed by atoms with E-state index in [-0.39, 0.29) is 0 Å². The van der Waals surface area contributed by atoms with Crippen LogP contribution >= 0.6 is 0 Å². The molecule has 0 nitrogen and oxygen atoms in total. The lowest BCUT2D eigenvalue weighted by atomic mass is 10.0. The molecule has 0 aromatic rings. The maximum Gasteiger partial charge on any atom is 0.00870 e. The minimum absolute atomic E-state index is 0.815. The van der Waals surface area contributed by atoms with Crippen molar-refractivity contribution in [1.82, 2.24) is 0 Å². The number of terminal acetylenes is 1. The van der Waals surface area contributed by atoms with Gasteiger partial charge in [0.15, 0.2) is 0 Å². The van der Waals surface area contributed by atoms with Crippen molar-refractivity contribution < 1.29 is 0 Å². The van der Waals surface area contributed by atoms with Crippen LogP contribution in [0, 0.1) is 12.3 Å². The molecule has 0 heterocycles. The Hall–Kier alpha value is -1.22. The fourth-order valence-electron chi connectivity index (χ4n) is 1.16. The first-order valence-corrected chi connectivity index (χ1v) is 4.99. The largest absolute Gasteiger partial charge is 0.115 e. The van der Waals surface area contributed by atoms with Gasteiger partial charge in [0.25, 0.3) is 0 Å². The molecule has 0 saturated carbocycles. The standard InChI is InChI=1S/C14H20/c1-7-12(5)10-13(6)14(8-2)9-11(3)4/h2,10H,3,7,9H2,1,4-6H3/b12-10-,14-13+. The van der Waals surface area contributed by atoms with Crippen LogP contribution in [0.5, 0.6) is 0 Å². The van der Waals surface area contributed by atoms with Gasteiger partial charge in [0.2, 0.25) is 0 Å². The van der Waals surface area contributed by atoms with Crippen molar-refractivity contribution in [2.45, 2.75) is 40.5 Å². The summed E-state index contributed by atoms with van der Waals surface area (Å²) in [7, 11) is 0. The van der Waals surface area contributed by atoms with Gasteiger partial charge in [-0.1, -0.05) is 36.6 Å². The fraction of sp³-hybridized carbons (Fsp3) is 0.429. The third kappa shape index (κ3) is 4.72. The van der Waals surface area contributed by atoms with E-state index in [9.17, 15) is 0 Å². The van der Waals surface area contributed by atoms with Crippen LogP contribution in [-0.4, -0.2) is 0 Å². The van der Waals surface area contributed by atoms with Crippen molar-refractivity contribution in [3.63, 3.8) is 0 Å². The molecule has 0 saturated heterocycles. The van der Waals surface area contributed by atoms with Crippen molar-refractivity contribution in [1.29, 1.82) is 0 Å². The summed E-state index contributed by atoms with van der Waals surface area (Å²) in [6.07, 6.45) is 9.51. The lowest BCUT2D eigenvalue weighted by Gasteiger charge is -2.04. The second-order valence-electron chi connectivity index (χ2n) is 3.78. The number of rotatable bonds is 4. The molecule has 14 heavy (non-hydrogen) atoms. The molecule has 0 radical (unpaired) electrons. The molecule has 0 fully saturated rings. The zero-order valence-corrected chi connectivity index (χ0v) is 9.78. The average molecular weight is 188 g/mol. The normalized spacial score (nSPS) is 13.2. The van der Waals surface area contributed by atoms with Crippen molar-refractivity contribution >= 4 is 0 Å². The lowest BCUT2D eigenvalue weighted by molar-refractivity contribution is 1.08. The number of hydrogen-bond acceptors (Lipinski definition) is 0. The summed E-state index contributed by atoms with van der Waals surface area (Å²) in [5, 5.41) is 0. The molecule has 0 rings (SSSR count). The van der Waals surface area contributed by atoms with E-state index < -0.39 is 0 Å². The van der Waals surface area contributed by atoms with Crippen molar-refractivity contribution in [3.8, 4) is 12.3 Å². The first-order chi connectivity index (χ1) is 6.51. The Balaban J connectivity index is 4.86. The van der Waals surface area contributed by atoms with E-state index in [1.54, 1.807) is 0 Å². The van der Waals surface area contributed by atoms with Gasteiger partial charge < -0.3 is 0 Å². The Kier molecular flexibility index (Phi) is 5.72. The Morgan fingerprint density at radius 1 is 1.36 bits per heavy atom. The molecule has 0 aromatic heterocycles. The predicted molar refractivity (Wildman–Crippen MR) is 65.0 cm³/mol. The van der Waals surface area contributed by atoms with Crippen molar-refractivity contribution in [3.05, 3.63) is 34.9 Å². The third-order valence-electron chi connectivity index (χ3n) is 2.15. The summed E-state index contributed by atoms with van der Waals surface area (Å²) in [5.74, 6) is 2.74. The van der Waals surface area contributed by atoms with Crippen LogP contribution in [0.1, 0.15) is 40.5 Å².